The van der Waals surface area contributed by atoms with Gasteiger partial charge in [0.25, 0.3) is 16.9 Å². The Balaban J connectivity index is 1.79. The van der Waals surface area contributed by atoms with Gasteiger partial charge < -0.3 is 4.74 Å². The summed E-state index contributed by atoms with van der Waals surface area (Å²) >= 11 is -2.11. The van der Waals surface area contributed by atoms with Crippen molar-refractivity contribution >= 4 is 17.0 Å². The third-order valence-electron chi connectivity index (χ3n) is 3.11. The molecule has 1 unspecified atom stereocenters. The van der Waals surface area contributed by atoms with Gasteiger partial charge in [0.2, 0.25) is 5.88 Å². The molecule has 2 N–H and O–H groups in total. The lowest BCUT2D eigenvalue weighted by atomic mass is 10.3. The molecule has 0 spiro atoms. The Bertz CT molecular complexity index is 816. The van der Waals surface area contributed by atoms with E-state index in [1.54, 1.807) is 35.0 Å². The highest BCUT2D eigenvalue weighted by molar-refractivity contribution is 7.80. The van der Waals surface area contributed by atoms with E-state index in [1.165, 1.54) is 0 Å². The van der Waals surface area contributed by atoms with Crippen LogP contribution in [0.1, 0.15) is 5.69 Å². The lowest BCUT2D eigenvalue weighted by molar-refractivity contribution is 0.275. The Hall–Kier alpha value is -2.70. The van der Waals surface area contributed by atoms with Crippen LogP contribution in [0.3, 0.4) is 0 Å². The van der Waals surface area contributed by atoms with Crippen LogP contribution in [-0.2, 0) is 11.3 Å². The lowest BCUT2D eigenvalue weighted by Gasteiger charge is -2.10. The highest BCUT2D eigenvalue weighted by atomic mass is 32.2. The Morgan fingerprint density at radius 3 is 2.70 bits per heavy atom. The quantitative estimate of drug-likeness (QED) is 0.623. The van der Waals surface area contributed by atoms with E-state index in [-0.39, 0.29) is 6.61 Å². The maximum atomic E-state index is 10.7. The van der Waals surface area contributed by atoms with Crippen molar-refractivity contribution in [2.75, 3.05) is 11.3 Å². The maximum Gasteiger partial charge on any atom is 0.283 e. The molecule has 1 aliphatic heterocycles. The van der Waals surface area contributed by atoms with Gasteiger partial charge in [-0.1, -0.05) is 0 Å². The second kappa shape index (κ2) is 5.83. The minimum Gasteiger partial charge on any atom is -0.472 e. The fourth-order valence-electron chi connectivity index (χ4n) is 1.93. The number of hydrogen-bond acceptors (Lipinski definition) is 5. The van der Waals surface area contributed by atoms with Gasteiger partial charge in [-0.05, 0) is 37.1 Å². The molecule has 118 valence electrons. The average molecular weight is 331 g/mol. The molecule has 1 aromatic carbocycles. The SMILES string of the molecule is C#CC1(COc2cc(C)nn2-c2ccc(NS(=O)O)cc2)N=N1. The first kappa shape index (κ1) is 15.2. The summed E-state index contributed by atoms with van der Waals surface area (Å²) in [6.45, 7) is 1.99. The van der Waals surface area contributed by atoms with E-state index in [1.807, 2.05) is 6.92 Å². The molecule has 0 bridgehead atoms. The van der Waals surface area contributed by atoms with Crippen LogP contribution in [-0.4, -0.2) is 30.8 Å². The third-order valence-corrected chi connectivity index (χ3v) is 3.52. The monoisotopic (exact) mass is 331 g/mol. The second-order valence-corrected chi connectivity index (χ2v) is 5.59. The Kier molecular flexibility index (Phi) is 3.85. The summed E-state index contributed by atoms with van der Waals surface area (Å²) in [4.78, 5) is 0. The van der Waals surface area contributed by atoms with Crippen LogP contribution in [0, 0.1) is 19.3 Å². The molecule has 3 rings (SSSR count). The van der Waals surface area contributed by atoms with E-state index < -0.39 is 16.9 Å². The number of ether oxygens (including phenoxy) is 1. The van der Waals surface area contributed by atoms with Crippen molar-refractivity contribution in [3.05, 3.63) is 36.0 Å². The molecule has 1 aliphatic rings. The van der Waals surface area contributed by atoms with Gasteiger partial charge in [0.05, 0.1) is 11.4 Å². The Labute approximate surface area is 135 Å². The number of nitrogens with one attached hydrogen (secondary N) is 1. The van der Waals surface area contributed by atoms with Gasteiger partial charge in [-0.25, -0.2) is 8.89 Å². The first-order chi connectivity index (χ1) is 11.0. The van der Waals surface area contributed by atoms with Crippen LogP contribution < -0.4 is 9.46 Å². The summed E-state index contributed by atoms with van der Waals surface area (Å²) in [5, 5.41) is 11.9. The number of aryl methyl sites for hydroxylation is 1. The summed E-state index contributed by atoms with van der Waals surface area (Å²) in [5.41, 5.74) is 1.16. The van der Waals surface area contributed by atoms with Gasteiger partial charge in [0.1, 0.15) is 0 Å². The molecule has 0 aliphatic carbocycles. The normalized spacial score (nSPS) is 15.7. The highest BCUT2D eigenvalue weighted by Gasteiger charge is 2.39. The van der Waals surface area contributed by atoms with Gasteiger partial charge in [-0.2, -0.15) is 5.10 Å². The van der Waals surface area contributed by atoms with Gasteiger partial charge in [-0.3, -0.25) is 9.27 Å². The summed E-state index contributed by atoms with van der Waals surface area (Å²) in [7, 11) is 0. The zero-order valence-electron chi connectivity index (χ0n) is 12.1. The number of terminal acetylenes is 1. The maximum absolute atomic E-state index is 10.7. The number of nitrogens with zero attached hydrogens (tertiary/aromatic N) is 4. The largest absolute Gasteiger partial charge is 0.472 e. The summed E-state index contributed by atoms with van der Waals surface area (Å²) in [6, 6.07) is 8.60. The zero-order chi connectivity index (χ0) is 16.4. The molecule has 2 heterocycles. The molecule has 0 radical (unpaired) electrons. The van der Waals surface area contributed by atoms with Crippen LogP contribution >= 0.6 is 0 Å². The smallest absolute Gasteiger partial charge is 0.283 e. The predicted octanol–water partition coefficient (Wildman–Crippen LogP) is 1.90. The van der Waals surface area contributed by atoms with Crippen LogP contribution in [0.5, 0.6) is 5.88 Å². The standard InChI is InChI=1S/C14H13N5O3S/c1-3-14(17-18-14)9-22-13-8-10(2)15-19(13)12-6-4-11(5-7-12)16-23(20)21/h1,4-8,16H,9H2,2H3,(H,20,21). The van der Waals surface area contributed by atoms with E-state index in [4.69, 9.17) is 15.7 Å². The average Bonchev–Trinajstić information content (AvgIpc) is 3.21. The number of benzene rings is 1. The highest BCUT2D eigenvalue weighted by Crippen LogP contribution is 2.29. The van der Waals surface area contributed by atoms with Gasteiger partial charge in [0.15, 0.2) is 6.61 Å². The molecule has 23 heavy (non-hydrogen) atoms. The minimum atomic E-state index is -2.11. The minimum absolute atomic E-state index is 0.151. The first-order valence-corrected chi connectivity index (χ1v) is 7.71. The summed E-state index contributed by atoms with van der Waals surface area (Å²) < 4.78 is 29.2. The van der Waals surface area contributed by atoms with Crippen molar-refractivity contribution in [2.24, 2.45) is 10.2 Å². The second-order valence-electron chi connectivity index (χ2n) is 4.88. The number of anilines is 1. The molecule has 0 amide bonds. The fourth-order valence-corrected chi connectivity index (χ4v) is 2.26. The predicted molar refractivity (Wildman–Crippen MR) is 84.6 cm³/mol. The van der Waals surface area contributed by atoms with Gasteiger partial charge in [-0.15, -0.1) is 16.7 Å². The molecule has 8 nitrogen and oxygen atoms in total. The number of aromatic nitrogens is 2. The summed E-state index contributed by atoms with van der Waals surface area (Å²) in [5.74, 6) is 2.98. The Morgan fingerprint density at radius 1 is 1.43 bits per heavy atom. The number of rotatable bonds is 6. The molecule has 1 aromatic heterocycles. The van der Waals surface area contributed by atoms with Crippen LogP contribution in [0.15, 0.2) is 40.6 Å². The van der Waals surface area contributed by atoms with E-state index in [0.29, 0.717) is 11.6 Å². The van der Waals surface area contributed by atoms with Gasteiger partial charge >= 0.3 is 0 Å². The van der Waals surface area contributed by atoms with Crippen LogP contribution in [0.25, 0.3) is 5.69 Å². The zero-order valence-corrected chi connectivity index (χ0v) is 12.9. The van der Waals surface area contributed by atoms with Crippen molar-refractivity contribution in [3.8, 4) is 23.9 Å². The van der Waals surface area contributed by atoms with Crippen molar-refractivity contribution in [1.82, 2.24) is 9.78 Å². The molecule has 0 fully saturated rings. The molecule has 9 heteroatoms. The van der Waals surface area contributed by atoms with E-state index in [9.17, 15) is 4.21 Å². The lowest BCUT2D eigenvalue weighted by Crippen LogP contribution is -2.20. The third kappa shape index (κ3) is 3.39. The fraction of sp³-hybridized carbons (Fsp3) is 0.214. The molecular formula is C14H13N5O3S. The van der Waals surface area contributed by atoms with Crippen molar-refractivity contribution in [2.45, 2.75) is 12.6 Å². The molecular weight excluding hydrogens is 318 g/mol. The Morgan fingerprint density at radius 2 is 2.13 bits per heavy atom. The van der Waals surface area contributed by atoms with Crippen molar-refractivity contribution in [1.29, 1.82) is 0 Å². The van der Waals surface area contributed by atoms with Crippen LogP contribution in [0.2, 0.25) is 0 Å². The molecule has 0 saturated heterocycles. The van der Waals surface area contributed by atoms with Crippen molar-refractivity contribution in [3.63, 3.8) is 0 Å². The first-order valence-electron chi connectivity index (χ1n) is 6.61. The number of hydrogen-bond donors (Lipinski definition) is 2. The summed E-state index contributed by atoms with van der Waals surface area (Å²) in [6.07, 6.45) is 5.35. The van der Waals surface area contributed by atoms with E-state index in [0.717, 1.165) is 11.4 Å². The molecule has 2 aromatic rings. The van der Waals surface area contributed by atoms with E-state index >= 15 is 0 Å². The van der Waals surface area contributed by atoms with E-state index in [2.05, 4.69) is 26.0 Å². The van der Waals surface area contributed by atoms with Crippen LogP contribution in [0.4, 0.5) is 5.69 Å². The molecule has 0 saturated carbocycles. The molecule has 1 atom stereocenters. The van der Waals surface area contributed by atoms with Crippen molar-refractivity contribution < 1.29 is 13.5 Å². The van der Waals surface area contributed by atoms with Gasteiger partial charge in [0, 0.05) is 11.8 Å². The topological polar surface area (TPSA) is 101 Å².